The van der Waals surface area contributed by atoms with Crippen LogP contribution in [-0.4, -0.2) is 47.7 Å². The molecule has 0 radical (unpaired) electrons. The van der Waals surface area contributed by atoms with Crippen LogP contribution in [0.4, 0.5) is 4.79 Å². The van der Waals surface area contributed by atoms with E-state index >= 15 is 0 Å². The van der Waals surface area contributed by atoms with Gasteiger partial charge in [-0.05, 0) is 17.7 Å². The fourth-order valence-electron chi connectivity index (χ4n) is 1.92. The van der Waals surface area contributed by atoms with E-state index in [-0.39, 0.29) is 23.8 Å². The highest BCUT2D eigenvalue weighted by Gasteiger charge is 2.25. The van der Waals surface area contributed by atoms with E-state index in [0.717, 1.165) is 7.11 Å². The van der Waals surface area contributed by atoms with Gasteiger partial charge < -0.3 is 29.7 Å². The highest BCUT2D eigenvalue weighted by atomic mass is 16.7. The smallest absolute Gasteiger partial charge is 0.410 e. The van der Waals surface area contributed by atoms with Crippen LogP contribution >= 0.6 is 0 Å². The van der Waals surface area contributed by atoms with Crippen molar-refractivity contribution in [3.8, 4) is 11.5 Å². The Kier molecular flexibility index (Phi) is 7.70. The zero-order valence-corrected chi connectivity index (χ0v) is 15.0. The Balaban J connectivity index is 2.71. The highest BCUT2D eigenvalue weighted by molar-refractivity contribution is 5.81. The molecule has 26 heavy (non-hydrogen) atoms. The summed E-state index contributed by atoms with van der Waals surface area (Å²) in [6.45, 7) is 4.63. The first-order valence-corrected chi connectivity index (χ1v) is 7.90. The fraction of sp³-hybridized carbons (Fsp3) is 0.471. The Labute approximate surface area is 150 Å². The molecule has 1 aromatic rings. The van der Waals surface area contributed by atoms with E-state index in [9.17, 15) is 24.6 Å². The number of aromatic hydroxyl groups is 2. The van der Waals surface area contributed by atoms with Crippen LogP contribution in [0.25, 0.3) is 0 Å². The third-order valence-electron chi connectivity index (χ3n) is 3.28. The summed E-state index contributed by atoms with van der Waals surface area (Å²) in [4.78, 5) is 35.3. The molecular weight excluding hydrogens is 346 g/mol. The second kappa shape index (κ2) is 9.50. The van der Waals surface area contributed by atoms with Crippen molar-refractivity contribution in [3.05, 3.63) is 23.8 Å². The number of rotatable bonds is 7. The lowest BCUT2D eigenvalue weighted by Crippen LogP contribution is -2.44. The third-order valence-corrected chi connectivity index (χ3v) is 3.28. The van der Waals surface area contributed by atoms with Gasteiger partial charge in [-0.3, -0.25) is 4.79 Å². The number of nitrogens with one attached hydrogen (secondary N) is 1. The van der Waals surface area contributed by atoms with Crippen molar-refractivity contribution in [1.29, 1.82) is 0 Å². The largest absolute Gasteiger partial charge is 0.504 e. The molecule has 0 bridgehead atoms. The summed E-state index contributed by atoms with van der Waals surface area (Å²) in [7, 11) is 1.16. The second-order valence-electron chi connectivity index (χ2n) is 5.81. The molecule has 0 aliphatic carbocycles. The lowest BCUT2D eigenvalue weighted by molar-refractivity contribution is -0.169. The minimum atomic E-state index is -1.14. The van der Waals surface area contributed by atoms with E-state index in [1.165, 1.54) is 25.1 Å². The van der Waals surface area contributed by atoms with Gasteiger partial charge in [-0.25, -0.2) is 9.59 Å². The van der Waals surface area contributed by atoms with E-state index < -0.39 is 30.4 Å². The van der Waals surface area contributed by atoms with Crippen molar-refractivity contribution in [2.24, 2.45) is 5.92 Å². The predicted octanol–water partition coefficient (Wildman–Crippen LogP) is 1.45. The van der Waals surface area contributed by atoms with E-state index in [0.29, 0.717) is 5.56 Å². The molecule has 1 unspecified atom stereocenters. The number of methoxy groups -OCH3 is 1. The number of hydrogen-bond acceptors (Lipinski definition) is 8. The number of carbonyl (C=O) groups excluding carboxylic acids is 3. The first-order valence-electron chi connectivity index (χ1n) is 7.90. The standard InChI is InChI=1S/C17H23NO8/c1-9(2)15(21)25-10(3)26-17(23)18-12(16(22)24-4)7-11-5-6-13(19)14(20)8-11/h5-6,8-10,12,19-20H,7H2,1-4H3,(H,18,23)/t10?,12-/m0/s1. The molecule has 144 valence electrons. The molecule has 9 nitrogen and oxygen atoms in total. The van der Waals surface area contributed by atoms with Crippen LogP contribution in [0.2, 0.25) is 0 Å². The normalized spacial score (nSPS) is 12.8. The van der Waals surface area contributed by atoms with Gasteiger partial charge in [0.15, 0.2) is 11.5 Å². The summed E-state index contributed by atoms with van der Waals surface area (Å²) in [6.07, 6.45) is -2.14. The average molecular weight is 369 g/mol. The topological polar surface area (TPSA) is 131 Å². The highest BCUT2D eigenvalue weighted by Crippen LogP contribution is 2.25. The number of esters is 2. The molecular formula is C17H23NO8. The molecule has 3 N–H and O–H groups in total. The molecule has 0 saturated carbocycles. The number of phenolic OH excluding ortho intramolecular Hbond substituents is 2. The molecule has 2 atom stereocenters. The van der Waals surface area contributed by atoms with Crippen molar-refractivity contribution in [3.63, 3.8) is 0 Å². The molecule has 1 aromatic carbocycles. The number of ether oxygens (including phenoxy) is 3. The Hall–Kier alpha value is -2.97. The Morgan fingerprint density at radius 1 is 1.04 bits per heavy atom. The van der Waals surface area contributed by atoms with E-state index in [1.54, 1.807) is 13.8 Å². The monoisotopic (exact) mass is 369 g/mol. The zero-order chi connectivity index (χ0) is 19.9. The third kappa shape index (κ3) is 6.50. The Morgan fingerprint density at radius 3 is 2.23 bits per heavy atom. The number of phenols is 2. The molecule has 9 heteroatoms. The fourth-order valence-corrected chi connectivity index (χ4v) is 1.92. The van der Waals surface area contributed by atoms with Gasteiger partial charge in [-0.15, -0.1) is 0 Å². The molecule has 1 amide bonds. The lowest BCUT2D eigenvalue weighted by Gasteiger charge is -2.19. The first kappa shape index (κ1) is 21.1. The van der Waals surface area contributed by atoms with E-state index in [4.69, 9.17) is 9.47 Å². The van der Waals surface area contributed by atoms with Crippen LogP contribution in [0.5, 0.6) is 11.5 Å². The zero-order valence-electron chi connectivity index (χ0n) is 15.0. The van der Waals surface area contributed by atoms with E-state index in [1.807, 2.05) is 0 Å². The number of carbonyl (C=O) groups is 3. The van der Waals surface area contributed by atoms with Gasteiger partial charge >= 0.3 is 18.0 Å². The van der Waals surface area contributed by atoms with Crippen LogP contribution in [0.1, 0.15) is 26.3 Å². The summed E-state index contributed by atoms with van der Waals surface area (Å²) in [5.41, 5.74) is 0.468. The number of hydrogen-bond donors (Lipinski definition) is 3. The number of benzene rings is 1. The van der Waals surface area contributed by atoms with Crippen molar-refractivity contribution < 1.29 is 38.8 Å². The second-order valence-corrected chi connectivity index (χ2v) is 5.81. The van der Waals surface area contributed by atoms with Crippen LogP contribution in [-0.2, 0) is 30.2 Å². The van der Waals surface area contributed by atoms with Crippen LogP contribution in [0, 0.1) is 5.92 Å². The molecule has 0 fully saturated rings. The SMILES string of the molecule is COC(=O)[C@H](Cc1ccc(O)c(O)c1)NC(=O)OC(C)OC(=O)C(C)C. The molecule has 0 spiro atoms. The summed E-state index contributed by atoms with van der Waals surface area (Å²) in [6, 6.07) is 2.88. The number of amides is 1. The molecule has 0 heterocycles. The maximum atomic E-state index is 11.9. The Morgan fingerprint density at radius 2 is 1.69 bits per heavy atom. The maximum absolute atomic E-state index is 11.9. The van der Waals surface area contributed by atoms with Gasteiger partial charge in [-0.2, -0.15) is 0 Å². The van der Waals surface area contributed by atoms with Crippen molar-refractivity contribution >= 4 is 18.0 Å². The summed E-state index contributed by atoms with van der Waals surface area (Å²) >= 11 is 0. The van der Waals surface area contributed by atoms with Crippen molar-refractivity contribution in [2.45, 2.75) is 39.5 Å². The van der Waals surface area contributed by atoms with E-state index in [2.05, 4.69) is 10.1 Å². The molecule has 0 aliphatic heterocycles. The van der Waals surface area contributed by atoms with Crippen molar-refractivity contribution in [2.75, 3.05) is 7.11 Å². The minimum absolute atomic E-state index is 0.0181. The number of alkyl carbamates (subject to hydrolysis) is 1. The van der Waals surface area contributed by atoms with Gasteiger partial charge in [-0.1, -0.05) is 19.9 Å². The van der Waals surface area contributed by atoms with Gasteiger partial charge in [0.25, 0.3) is 0 Å². The first-order chi connectivity index (χ1) is 12.1. The maximum Gasteiger partial charge on any atom is 0.410 e. The van der Waals surface area contributed by atoms with Gasteiger partial charge in [0, 0.05) is 13.3 Å². The van der Waals surface area contributed by atoms with Crippen molar-refractivity contribution in [1.82, 2.24) is 5.32 Å². The van der Waals surface area contributed by atoms with Crippen LogP contribution < -0.4 is 5.32 Å². The van der Waals surface area contributed by atoms with Gasteiger partial charge in [0.05, 0.1) is 13.0 Å². The van der Waals surface area contributed by atoms with Crippen LogP contribution in [0.3, 0.4) is 0 Å². The molecule has 0 aromatic heterocycles. The summed E-state index contributed by atoms with van der Waals surface area (Å²) in [5.74, 6) is -2.32. The lowest BCUT2D eigenvalue weighted by atomic mass is 10.1. The van der Waals surface area contributed by atoms with Gasteiger partial charge in [0.2, 0.25) is 6.29 Å². The van der Waals surface area contributed by atoms with Crippen LogP contribution in [0.15, 0.2) is 18.2 Å². The molecule has 0 aliphatic rings. The predicted molar refractivity (Wildman–Crippen MR) is 89.3 cm³/mol. The quantitative estimate of drug-likeness (QED) is 0.374. The Bertz CT molecular complexity index is 658. The summed E-state index contributed by atoms with van der Waals surface area (Å²) < 4.78 is 14.4. The van der Waals surface area contributed by atoms with Gasteiger partial charge in [0.1, 0.15) is 6.04 Å². The minimum Gasteiger partial charge on any atom is -0.504 e. The average Bonchev–Trinajstić information content (AvgIpc) is 2.56. The molecule has 1 rings (SSSR count). The summed E-state index contributed by atoms with van der Waals surface area (Å²) in [5, 5.41) is 21.1. The molecule has 0 saturated heterocycles.